The van der Waals surface area contributed by atoms with Crippen LogP contribution in [0.15, 0.2) is 41.1 Å². The number of rotatable bonds is 5. The van der Waals surface area contributed by atoms with E-state index in [-0.39, 0.29) is 23.7 Å². The number of primary amides is 1. The highest BCUT2D eigenvalue weighted by molar-refractivity contribution is 6.16. The average molecular weight is 316 g/mol. The Morgan fingerprint density at radius 1 is 1.26 bits per heavy atom. The third-order valence-electron chi connectivity index (χ3n) is 3.15. The molecule has 120 valence electrons. The molecule has 2 rings (SSSR count). The summed E-state index contributed by atoms with van der Waals surface area (Å²) < 4.78 is 9.85. The smallest absolute Gasteiger partial charge is 0.340 e. The maximum atomic E-state index is 12.0. The molecule has 2 amide bonds. The molecular weight excluding hydrogens is 300 g/mol. The van der Waals surface area contributed by atoms with Gasteiger partial charge in [-0.1, -0.05) is 12.1 Å². The van der Waals surface area contributed by atoms with Gasteiger partial charge in [-0.25, -0.2) is 4.79 Å². The summed E-state index contributed by atoms with van der Waals surface area (Å²) in [7, 11) is 1.26. The molecule has 0 fully saturated rings. The summed E-state index contributed by atoms with van der Waals surface area (Å²) in [6.45, 7) is 1.42. The molecule has 1 aliphatic heterocycles. The number of esters is 1. The number of allylic oxidation sites excluding steroid dienone is 1. The first-order valence-corrected chi connectivity index (χ1v) is 6.76. The fourth-order valence-electron chi connectivity index (χ4n) is 2.10. The molecule has 3 N–H and O–H groups in total. The van der Waals surface area contributed by atoms with E-state index in [0.717, 1.165) is 0 Å². The van der Waals surface area contributed by atoms with Crippen molar-refractivity contribution in [3.05, 3.63) is 46.7 Å². The predicted octanol–water partition coefficient (Wildman–Crippen LogP) is 0.511. The minimum absolute atomic E-state index is 0.211. The van der Waals surface area contributed by atoms with E-state index in [1.165, 1.54) is 7.11 Å². The first kappa shape index (κ1) is 16.3. The lowest BCUT2D eigenvalue weighted by Crippen LogP contribution is -2.19. The second kappa shape index (κ2) is 6.78. The zero-order valence-electron chi connectivity index (χ0n) is 12.7. The van der Waals surface area contributed by atoms with Gasteiger partial charge in [0, 0.05) is 5.70 Å². The number of ether oxygens (including phenoxy) is 2. The second-order valence-electron chi connectivity index (χ2n) is 4.83. The molecule has 0 radical (unpaired) electrons. The van der Waals surface area contributed by atoms with Crippen LogP contribution in [0.25, 0.3) is 6.08 Å². The van der Waals surface area contributed by atoms with E-state index in [9.17, 15) is 14.4 Å². The van der Waals surface area contributed by atoms with Crippen molar-refractivity contribution in [1.29, 1.82) is 0 Å². The van der Waals surface area contributed by atoms with Gasteiger partial charge in [-0.05, 0) is 30.7 Å². The molecule has 0 aromatic heterocycles. The first-order chi connectivity index (χ1) is 10.9. The van der Waals surface area contributed by atoms with Crippen LogP contribution in [-0.4, -0.2) is 31.5 Å². The highest BCUT2D eigenvalue weighted by atomic mass is 16.5. The lowest BCUT2D eigenvalue weighted by Gasteiger charge is -2.05. The number of hydrogen-bond donors (Lipinski definition) is 2. The van der Waals surface area contributed by atoms with Gasteiger partial charge in [-0.3, -0.25) is 9.59 Å². The van der Waals surface area contributed by atoms with E-state index in [2.05, 4.69) is 5.32 Å². The lowest BCUT2D eigenvalue weighted by atomic mass is 10.0. The van der Waals surface area contributed by atoms with E-state index in [4.69, 9.17) is 15.2 Å². The van der Waals surface area contributed by atoms with Crippen molar-refractivity contribution in [2.75, 3.05) is 13.7 Å². The summed E-state index contributed by atoms with van der Waals surface area (Å²) >= 11 is 0. The third kappa shape index (κ3) is 3.76. The largest absolute Gasteiger partial charge is 0.484 e. The van der Waals surface area contributed by atoms with Crippen LogP contribution in [0, 0.1) is 0 Å². The molecule has 0 bridgehead atoms. The summed E-state index contributed by atoms with van der Waals surface area (Å²) in [5, 5.41) is 2.59. The van der Waals surface area contributed by atoms with Gasteiger partial charge in [0.05, 0.1) is 18.3 Å². The molecule has 1 aromatic carbocycles. The van der Waals surface area contributed by atoms with Crippen LogP contribution in [0.1, 0.15) is 12.5 Å². The maximum Gasteiger partial charge on any atom is 0.340 e. The molecule has 7 heteroatoms. The Labute approximate surface area is 132 Å². The van der Waals surface area contributed by atoms with Crippen molar-refractivity contribution in [1.82, 2.24) is 5.32 Å². The van der Waals surface area contributed by atoms with Crippen molar-refractivity contribution in [2.45, 2.75) is 6.92 Å². The van der Waals surface area contributed by atoms with E-state index in [1.54, 1.807) is 37.3 Å². The fourth-order valence-corrected chi connectivity index (χ4v) is 2.10. The Kier molecular flexibility index (Phi) is 4.80. The molecule has 0 spiro atoms. The van der Waals surface area contributed by atoms with Gasteiger partial charge < -0.3 is 20.5 Å². The Bertz CT molecular complexity index is 716. The standard InChI is InChI=1S/C16H16N2O5/c1-9-14(16(21)22-2)12(15(20)18-9)7-10-3-5-11(6-4-10)23-8-13(17)19/h3-7H,8H2,1-2H3,(H2,17,19)(H,18,20)/b12-7-. The molecule has 0 aliphatic carbocycles. The number of carbonyl (C=O) groups is 3. The minimum atomic E-state index is -0.575. The number of nitrogens with two attached hydrogens (primary N) is 1. The topological polar surface area (TPSA) is 108 Å². The Morgan fingerprint density at radius 3 is 2.48 bits per heavy atom. The molecule has 1 aliphatic rings. The molecule has 7 nitrogen and oxygen atoms in total. The van der Waals surface area contributed by atoms with Crippen LogP contribution in [0.4, 0.5) is 0 Å². The van der Waals surface area contributed by atoms with Crippen molar-refractivity contribution in [3.8, 4) is 5.75 Å². The van der Waals surface area contributed by atoms with Gasteiger partial charge in [0.2, 0.25) is 0 Å². The van der Waals surface area contributed by atoms with Crippen molar-refractivity contribution in [2.24, 2.45) is 5.73 Å². The van der Waals surface area contributed by atoms with Gasteiger partial charge >= 0.3 is 5.97 Å². The van der Waals surface area contributed by atoms with Crippen LogP contribution in [-0.2, 0) is 19.1 Å². The number of amides is 2. The van der Waals surface area contributed by atoms with E-state index < -0.39 is 11.9 Å². The second-order valence-corrected chi connectivity index (χ2v) is 4.83. The normalized spacial score (nSPS) is 15.6. The number of hydrogen-bond acceptors (Lipinski definition) is 5. The Morgan fingerprint density at radius 2 is 1.91 bits per heavy atom. The van der Waals surface area contributed by atoms with Crippen molar-refractivity contribution >= 4 is 23.9 Å². The van der Waals surface area contributed by atoms with E-state index in [0.29, 0.717) is 17.0 Å². The predicted molar refractivity (Wildman–Crippen MR) is 82.0 cm³/mol. The van der Waals surface area contributed by atoms with Gasteiger partial charge in [0.1, 0.15) is 5.75 Å². The SMILES string of the molecule is COC(=O)C1=C(C)NC(=O)/C1=C\c1ccc(OCC(N)=O)cc1. The molecule has 0 unspecified atom stereocenters. The fraction of sp³-hybridized carbons (Fsp3) is 0.188. The molecule has 23 heavy (non-hydrogen) atoms. The lowest BCUT2D eigenvalue weighted by molar-refractivity contribution is -0.136. The number of benzene rings is 1. The average Bonchev–Trinajstić information content (AvgIpc) is 2.80. The summed E-state index contributed by atoms with van der Waals surface area (Å²) in [6.07, 6.45) is 1.58. The summed E-state index contributed by atoms with van der Waals surface area (Å²) in [6, 6.07) is 6.66. The summed E-state index contributed by atoms with van der Waals surface area (Å²) in [5.74, 6) is -1.03. The number of nitrogens with one attached hydrogen (secondary N) is 1. The molecule has 1 aromatic rings. The first-order valence-electron chi connectivity index (χ1n) is 6.76. The Hall–Kier alpha value is -3.09. The molecule has 0 saturated heterocycles. The summed E-state index contributed by atoms with van der Waals surface area (Å²) in [5.41, 5.74) is 6.59. The molecule has 0 atom stereocenters. The minimum Gasteiger partial charge on any atom is -0.484 e. The molecular formula is C16H16N2O5. The third-order valence-corrected chi connectivity index (χ3v) is 3.15. The number of methoxy groups -OCH3 is 1. The zero-order chi connectivity index (χ0) is 17.0. The van der Waals surface area contributed by atoms with Crippen LogP contribution in [0.5, 0.6) is 5.75 Å². The van der Waals surface area contributed by atoms with Crippen LogP contribution in [0.2, 0.25) is 0 Å². The van der Waals surface area contributed by atoms with Gasteiger partial charge in [0.25, 0.3) is 11.8 Å². The van der Waals surface area contributed by atoms with E-state index in [1.807, 2.05) is 0 Å². The van der Waals surface area contributed by atoms with Gasteiger partial charge in [-0.15, -0.1) is 0 Å². The van der Waals surface area contributed by atoms with Gasteiger partial charge in [0.15, 0.2) is 6.61 Å². The van der Waals surface area contributed by atoms with Crippen LogP contribution < -0.4 is 15.8 Å². The zero-order valence-corrected chi connectivity index (χ0v) is 12.7. The van der Waals surface area contributed by atoms with Crippen LogP contribution in [0.3, 0.4) is 0 Å². The van der Waals surface area contributed by atoms with E-state index >= 15 is 0 Å². The van der Waals surface area contributed by atoms with Gasteiger partial charge in [-0.2, -0.15) is 0 Å². The monoisotopic (exact) mass is 316 g/mol. The molecule has 1 heterocycles. The van der Waals surface area contributed by atoms with Crippen molar-refractivity contribution in [3.63, 3.8) is 0 Å². The molecule has 0 saturated carbocycles. The van der Waals surface area contributed by atoms with Crippen molar-refractivity contribution < 1.29 is 23.9 Å². The quantitative estimate of drug-likeness (QED) is 0.608. The summed E-state index contributed by atoms with van der Waals surface area (Å²) in [4.78, 5) is 34.4. The Balaban J connectivity index is 2.24. The van der Waals surface area contributed by atoms with Crippen LogP contribution >= 0.6 is 0 Å². The number of carbonyl (C=O) groups excluding carboxylic acids is 3. The highest BCUT2D eigenvalue weighted by Crippen LogP contribution is 2.25. The maximum absolute atomic E-state index is 12.0. The highest BCUT2D eigenvalue weighted by Gasteiger charge is 2.30.